The number of rotatable bonds is 0. The normalized spacial score (nSPS) is 12.3. The Morgan fingerprint density at radius 1 is 0.286 bits per heavy atom. The summed E-state index contributed by atoms with van der Waals surface area (Å²) < 4.78 is 0. The number of hydrogen-bond donors (Lipinski definition) is 0. The van der Waals surface area contributed by atoms with Crippen LogP contribution in [0.3, 0.4) is 0 Å². The van der Waals surface area contributed by atoms with Crippen LogP contribution in [0.15, 0.2) is 97.1 Å². The van der Waals surface area contributed by atoms with E-state index in [1.54, 1.807) is 0 Å². The lowest BCUT2D eigenvalue weighted by Gasteiger charge is -2.17. The van der Waals surface area contributed by atoms with Crippen molar-refractivity contribution >= 4 is 64.6 Å². The second-order valence-electron chi connectivity index (χ2n) is 7.75. The molecule has 7 aromatic carbocycles. The molecule has 0 radical (unpaired) electrons. The second kappa shape index (κ2) is 4.99. The van der Waals surface area contributed by atoms with Crippen molar-refractivity contribution in [3.63, 3.8) is 0 Å². The minimum absolute atomic E-state index is 1.30. The monoisotopic (exact) mass is 352 g/mol. The Labute approximate surface area is 162 Å². The lowest BCUT2D eigenvalue weighted by Crippen LogP contribution is -1.89. The summed E-state index contributed by atoms with van der Waals surface area (Å²) in [6.45, 7) is 0. The molecule has 0 saturated carbocycles. The third-order valence-electron chi connectivity index (χ3n) is 6.35. The summed E-state index contributed by atoms with van der Waals surface area (Å²) in [6.07, 6.45) is 0. The van der Waals surface area contributed by atoms with Crippen LogP contribution < -0.4 is 0 Å². The minimum Gasteiger partial charge on any atom is -0.0616 e. The highest BCUT2D eigenvalue weighted by atomic mass is 14.2. The van der Waals surface area contributed by atoms with E-state index in [9.17, 15) is 0 Å². The molecular weight excluding hydrogens is 336 g/mol. The van der Waals surface area contributed by atoms with E-state index >= 15 is 0 Å². The van der Waals surface area contributed by atoms with Crippen LogP contribution in [-0.4, -0.2) is 0 Å². The molecule has 0 heterocycles. The highest BCUT2D eigenvalue weighted by molar-refractivity contribution is 6.39. The molecule has 0 aromatic heterocycles. The van der Waals surface area contributed by atoms with Gasteiger partial charge >= 0.3 is 0 Å². The van der Waals surface area contributed by atoms with Gasteiger partial charge in [-0.15, -0.1) is 0 Å². The van der Waals surface area contributed by atoms with E-state index in [0.29, 0.717) is 0 Å². The van der Waals surface area contributed by atoms with Gasteiger partial charge in [0.25, 0.3) is 0 Å². The van der Waals surface area contributed by atoms with Gasteiger partial charge in [-0.25, -0.2) is 0 Å². The van der Waals surface area contributed by atoms with Gasteiger partial charge in [-0.2, -0.15) is 0 Å². The van der Waals surface area contributed by atoms with E-state index in [2.05, 4.69) is 97.1 Å². The number of fused-ring (bicyclic) bond motifs is 6. The molecule has 0 saturated heterocycles. The Balaban J connectivity index is 1.93. The van der Waals surface area contributed by atoms with Crippen LogP contribution in [-0.2, 0) is 0 Å². The van der Waals surface area contributed by atoms with Crippen molar-refractivity contribution in [3.8, 4) is 0 Å². The van der Waals surface area contributed by atoms with Crippen molar-refractivity contribution in [2.24, 2.45) is 0 Å². The lowest BCUT2D eigenvalue weighted by atomic mass is 9.86. The first-order valence-corrected chi connectivity index (χ1v) is 9.80. The Morgan fingerprint density at radius 3 is 1.75 bits per heavy atom. The van der Waals surface area contributed by atoms with E-state index in [4.69, 9.17) is 0 Å². The van der Waals surface area contributed by atoms with E-state index in [0.717, 1.165) is 0 Å². The van der Waals surface area contributed by atoms with Gasteiger partial charge in [-0.3, -0.25) is 0 Å². The first-order valence-electron chi connectivity index (χ1n) is 9.80. The fraction of sp³-hybridized carbons (Fsp3) is 0. The predicted octanol–water partition coefficient (Wildman–Crippen LogP) is 8.04. The van der Waals surface area contributed by atoms with E-state index < -0.39 is 0 Å². The molecule has 7 aromatic rings. The molecule has 0 amide bonds. The molecule has 0 atom stereocenters. The van der Waals surface area contributed by atoms with Crippen molar-refractivity contribution in [3.05, 3.63) is 97.1 Å². The molecule has 0 spiro atoms. The Hall–Kier alpha value is -3.64. The zero-order valence-electron chi connectivity index (χ0n) is 15.2. The third kappa shape index (κ3) is 1.66. The van der Waals surface area contributed by atoms with Gasteiger partial charge < -0.3 is 0 Å². The summed E-state index contributed by atoms with van der Waals surface area (Å²) >= 11 is 0. The minimum atomic E-state index is 1.30. The molecule has 0 unspecified atom stereocenters. The van der Waals surface area contributed by atoms with Crippen LogP contribution in [0.2, 0.25) is 0 Å². The smallest absolute Gasteiger partial charge is 0.00139 e. The Kier molecular flexibility index (Phi) is 2.57. The van der Waals surface area contributed by atoms with Crippen molar-refractivity contribution in [1.82, 2.24) is 0 Å². The average Bonchev–Trinajstić information content (AvgIpc) is 2.76. The van der Waals surface area contributed by atoms with Gasteiger partial charge in [0, 0.05) is 0 Å². The van der Waals surface area contributed by atoms with Gasteiger partial charge in [-0.05, 0) is 70.7 Å². The third-order valence-corrected chi connectivity index (χ3v) is 6.35. The maximum atomic E-state index is 2.38. The SMILES string of the molecule is c1ccc2c(c1)ccc1c2cc2cccc3c4cccc5cccc(c54)c1c23. The molecule has 128 valence electrons. The Morgan fingerprint density at radius 2 is 0.893 bits per heavy atom. The van der Waals surface area contributed by atoms with Gasteiger partial charge in [-0.1, -0.05) is 91.0 Å². The van der Waals surface area contributed by atoms with Gasteiger partial charge in [0.1, 0.15) is 0 Å². The topological polar surface area (TPSA) is 0 Å². The van der Waals surface area contributed by atoms with Crippen LogP contribution in [0.25, 0.3) is 64.6 Å². The summed E-state index contributed by atoms with van der Waals surface area (Å²) in [5.74, 6) is 0. The molecule has 0 aliphatic carbocycles. The van der Waals surface area contributed by atoms with Crippen LogP contribution in [0, 0.1) is 0 Å². The van der Waals surface area contributed by atoms with Crippen molar-refractivity contribution in [2.45, 2.75) is 0 Å². The molecule has 0 nitrogen and oxygen atoms in total. The maximum Gasteiger partial charge on any atom is -0.00139 e. The first-order chi connectivity index (χ1) is 13.9. The molecular formula is C28H16. The van der Waals surface area contributed by atoms with Gasteiger partial charge in [0.2, 0.25) is 0 Å². The van der Waals surface area contributed by atoms with Crippen LogP contribution >= 0.6 is 0 Å². The number of hydrogen-bond acceptors (Lipinski definition) is 0. The fourth-order valence-corrected chi connectivity index (χ4v) is 5.21. The van der Waals surface area contributed by atoms with Crippen molar-refractivity contribution < 1.29 is 0 Å². The fourth-order valence-electron chi connectivity index (χ4n) is 5.21. The zero-order valence-corrected chi connectivity index (χ0v) is 15.2. The molecule has 0 aliphatic heterocycles. The molecule has 0 bridgehead atoms. The summed E-state index contributed by atoms with van der Waals surface area (Å²) in [4.78, 5) is 0. The maximum absolute atomic E-state index is 2.38. The summed E-state index contributed by atoms with van der Waals surface area (Å²) in [5, 5.41) is 16.2. The molecule has 7 rings (SSSR count). The second-order valence-corrected chi connectivity index (χ2v) is 7.75. The summed E-state index contributed by atoms with van der Waals surface area (Å²) in [7, 11) is 0. The molecule has 0 heteroatoms. The summed E-state index contributed by atoms with van der Waals surface area (Å²) in [5.41, 5.74) is 0. The van der Waals surface area contributed by atoms with E-state index in [1.807, 2.05) is 0 Å². The molecule has 0 fully saturated rings. The Bertz CT molecular complexity index is 1700. The highest BCUT2D eigenvalue weighted by Crippen LogP contribution is 2.44. The predicted molar refractivity (Wildman–Crippen MR) is 123 cm³/mol. The van der Waals surface area contributed by atoms with E-state index in [-0.39, 0.29) is 0 Å². The van der Waals surface area contributed by atoms with Crippen molar-refractivity contribution in [2.75, 3.05) is 0 Å². The summed E-state index contributed by atoms with van der Waals surface area (Å²) in [6, 6.07) is 35.8. The van der Waals surface area contributed by atoms with Crippen molar-refractivity contribution in [1.29, 1.82) is 0 Å². The van der Waals surface area contributed by atoms with Gasteiger partial charge in [0.15, 0.2) is 0 Å². The molecule has 0 N–H and O–H groups in total. The largest absolute Gasteiger partial charge is 0.0616 e. The molecule has 0 aliphatic rings. The highest BCUT2D eigenvalue weighted by Gasteiger charge is 2.15. The lowest BCUT2D eigenvalue weighted by molar-refractivity contribution is 1.79. The zero-order chi connectivity index (χ0) is 18.2. The number of benzene rings is 7. The molecule has 28 heavy (non-hydrogen) atoms. The quantitative estimate of drug-likeness (QED) is 0.191. The van der Waals surface area contributed by atoms with Gasteiger partial charge in [0.05, 0.1) is 0 Å². The standard InChI is InChI=1S/C28H16/c1-2-10-20-17(6-1)14-15-23-25(20)16-19-9-5-12-22-21-11-3-7-18-8-4-13-24(26(18)21)28(23)27(19)22/h1-16H. The van der Waals surface area contributed by atoms with Crippen LogP contribution in [0.1, 0.15) is 0 Å². The van der Waals surface area contributed by atoms with Crippen LogP contribution in [0.5, 0.6) is 0 Å². The first kappa shape index (κ1) is 14.4. The van der Waals surface area contributed by atoms with E-state index in [1.165, 1.54) is 64.6 Å². The van der Waals surface area contributed by atoms with Crippen LogP contribution in [0.4, 0.5) is 0 Å². The average molecular weight is 352 g/mol.